The molecule has 1 unspecified atom stereocenters. The summed E-state index contributed by atoms with van der Waals surface area (Å²) in [5, 5.41) is 3.86. The van der Waals surface area contributed by atoms with Crippen molar-refractivity contribution in [2.75, 3.05) is 11.4 Å². The molecule has 1 N–H and O–H groups in total. The second kappa shape index (κ2) is 4.31. The van der Waals surface area contributed by atoms with Gasteiger partial charge in [-0.2, -0.15) is 0 Å². The van der Waals surface area contributed by atoms with Gasteiger partial charge < -0.3 is 10.2 Å². The SMILES string of the molecule is CC1CNC(C)(C)C(=O)N1c1ccccc1Cl. The van der Waals surface area contributed by atoms with Crippen molar-refractivity contribution in [2.45, 2.75) is 32.4 Å². The van der Waals surface area contributed by atoms with E-state index in [1.807, 2.05) is 45.0 Å². The molecular formula is C13H17ClN2O. The summed E-state index contributed by atoms with van der Waals surface area (Å²) >= 11 is 6.17. The van der Waals surface area contributed by atoms with Gasteiger partial charge in [0.05, 0.1) is 16.2 Å². The largest absolute Gasteiger partial charge is 0.305 e. The topological polar surface area (TPSA) is 32.3 Å². The van der Waals surface area contributed by atoms with Crippen LogP contribution in [-0.2, 0) is 4.79 Å². The van der Waals surface area contributed by atoms with Gasteiger partial charge in [-0.1, -0.05) is 23.7 Å². The van der Waals surface area contributed by atoms with E-state index in [1.165, 1.54) is 0 Å². The Bertz CT molecular complexity index is 445. The molecule has 1 aliphatic heterocycles. The first-order valence-corrected chi connectivity index (χ1v) is 6.14. The van der Waals surface area contributed by atoms with E-state index < -0.39 is 5.54 Å². The van der Waals surface area contributed by atoms with Gasteiger partial charge in [0.15, 0.2) is 0 Å². The van der Waals surface area contributed by atoms with Crippen molar-refractivity contribution in [3.8, 4) is 0 Å². The molecule has 0 radical (unpaired) electrons. The highest BCUT2D eigenvalue weighted by atomic mass is 35.5. The molecule has 1 amide bonds. The summed E-state index contributed by atoms with van der Waals surface area (Å²) in [6.07, 6.45) is 0. The Labute approximate surface area is 107 Å². The molecule has 92 valence electrons. The Kier molecular flexibility index (Phi) is 3.15. The molecule has 1 saturated heterocycles. The minimum atomic E-state index is -0.536. The van der Waals surface area contributed by atoms with E-state index in [0.717, 1.165) is 12.2 Å². The van der Waals surface area contributed by atoms with Gasteiger partial charge in [-0.05, 0) is 32.9 Å². The molecule has 4 heteroatoms. The third-order valence-electron chi connectivity index (χ3n) is 3.15. The molecule has 0 aliphatic carbocycles. The molecule has 1 aromatic carbocycles. The number of hydrogen-bond donors (Lipinski definition) is 1. The number of nitrogens with one attached hydrogen (secondary N) is 1. The molecule has 1 atom stereocenters. The molecule has 1 aromatic rings. The number of halogens is 1. The third kappa shape index (κ3) is 2.17. The maximum Gasteiger partial charge on any atom is 0.247 e. The number of nitrogens with zero attached hydrogens (tertiary/aromatic N) is 1. The lowest BCUT2D eigenvalue weighted by atomic mass is 9.97. The Morgan fingerprint density at radius 2 is 2.06 bits per heavy atom. The van der Waals surface area contributed by atoms with Crippen LogP contribution in [0.3, 0.4) is 0 Å². The minimum Gasteiger partial charge on any atom is -0.305 e. The maximum atomic E-state index is 12.4. The molecule has 0 spiro atoms. The number of piperazine rings is 1. The van der Waals surface area contributed by atoms with E-state index in [2.05, 4.69) is 5.32 Å². The van der Waals surface area contributed by atoms with Crippen LogP contribution in [0, 0.1) is 0 Å². The van der Waals surface area contributed by atoms with Crippen LogP contribution in [0.2, 0.25) is 5.02 Å². The number of para-hydroxylation sites is 1. The number of benzene rings is 1. The first kappa shape index (κ1) is 12.4. The van der Waals surface area contributed by atoms with Crippen LogP contribution in [0.25, 0.3) is 0 Å². The smallest absolute Gasteiger partial charge is 0.247 e. The van der Waals surface area contributed by atoms with Gasteiger partial charge in [-0.15, -0.1) is 0 Å². The van der Waals surface area contributed by atoms with Crippen molar-refractivity contribution in [1.82, 2.24) is 5.32 Å². The summed E-state index contributed by atoms with van der Waals surface area (Å²) in [5.74, 6) is 0.0596. The molecule has 1 aliphatic rings. The predicted molar refractivity (Wildman–Crippen MR) is 70.5 cm³/mol. The lowest BCUT2D eigenvalue weighted by molar-refractivity contribution is -0.125. The summed E-state index contributed by atoms with van der Waals surface area (Å²) in [4.78, 5) is 14.2. The second-order valence-electron chi connectivity index (χ2n) is 4.98. The fraction of sp³-hybridized carbons (Fsp3) is 0.462. The van der Waals surface area contributed by atoms with Crippen LogP contribution < -0.4 is 10.2 Å². The molecule has 1 heterocycles. The zero-order valence-electron chi connectivity index (χ0n) is 10.3. The molecule has 0 aromatic heterocycles. The predicted octanol–water partition coefficient (Wildman–Crippen LogP) is 2.44. The van der Waals surface area contributed by atoms with Crippen molar-refractivity contribution in [3.05, 3.63) is 29.3 Å². The normalized spacial score (nSPS) is 23.9. The summed E-state index contributed by atoms with van der Waals surface area (Å²) < 4.78 is 0. The van der Waals surface area contributed by atoms with E-state index in [0.29, 0.717) is 5.02 Å². The molecule has 17 heavy (non-hydrogen) atoms. The highest BCUT2D eigenvalue weighted by Gasteiger charge is 2.39. The van der Waals surface area contributed by atoms with Crippen LogP contribution in [0.4, 0.5) is 5.69 Å². The lowest BCUT2D eigenvalue weighted by Gasteiger charge is -2.42. The highest BCUT2D eigenvalue weighted by molar-refractivity contribution is 6.34. The molecular weight excluding hydrogens is 236 g/mol. The average Bonchev–Trinajstić information content (AvgIpc) is 2.27. The van der Waals surface area contributed by atoms with E-state index in [-0.39, 0.29) is 11.9 Å². The number of anilines is 1. The monoisotopic (exact) mass is 252 g/mol. The summed E-state index contributed by atoms with van der Waals surface area (Å²) in [6.45, 7) is 6.57. The van der Waals surface area contributed by atoms with E-state index in [4.69, 9.17) is 11.6 Å². The van der Waals surface area contributed by atoms with Crippen molar-refractivity contribution < 1.29 is 4.79 Å². The Morgan fingerprint density at radius 3 is 2.71 bits per heavy atom. The summed E-state index contributed by atoms with van der Waals surface area (Å²) in [7, 11) is 0. The average molecular weight is 253 g/mol. The minimum absolute atomic E-state index is 0.0596. The molecule has 2 rings (SSSR count). The zero-order chi connectivity index (χ0) is 12.6. The Hall–Kier alpha value is -1.06. The van der Waals surface area contributed by atoms with Gasteiger partial charge in [0.1, 0.15) is 0 Å². The fourth-order valence-electron chi connectivity index (χ4n) is 2.06. The first-order valence-electron chi connectivity index (χ1n) is 5.77. The van der Waals surface area contributed by atoms with E-state index in [1.54, 1.807) is 4.90 Å². The van der Waals surface area contributed by atoms with E-state index >= 15 is 0 Å². The van der Waals surface area contributed by atoms with Crippen LogP contribution >= 0.6 is 11.6 Å². The fourth-order valence-corrected chi connectivity index (χ4v) is 2.29. The molecule has 0 saturated carbocycles. The number of hydrogen-bond acceptors (Lipinski definition) is 2. The zero-order valence-corrected chi connectivity index (χ0v) is 11.1. The molecule has 0 bridgehead atoms. The number of amides is 1. The van der Waals surface area contributed by atoms with Gasteiger partial charge >= 0.3 is 0 Å². The van der Waals surface area contributed by atoms with Crippen LogP contribution in [0.5, 0.6) is 0 Å². The number of rotatable bonds is 1. The van der Waals surface area contributed by atoms with Crippen molar-refractivity contribution >= 4 is 23.2 Å². The Morgan fingerprint density at radius 1 is 1.41 bits per heavy atom. The molecule has 3 nitrogen and oxygen atoms in total. The Balaban J connectivity index is 2.42. The summed E-state index contributed by atoms with van der Waals surface area (Å²) in [6, 6.07) is 7.57. The standard InChI is InChI=1S/C13H17ClN2O/c1-9-8-15-13(2,3)12(17)16(9)11-7-5-4-6-10(11)14/h4-7,9,15H,8H2,1-3H3. The summed E-state index contributed by atoms with van der Waals surface area (Å²) in [5.41, 5.74) is 0.257. The van der Waals surface area contributed by atoms with Crippen LogP contribution in [0.1, 0.15) is 20.8 Å². The van der Waals surface area contributed by atoms with Gasteiger partial charge in [0.25, 0.3) is 0 Å². The van der Waals surface area contributed by atoms with Gasteiger partial charge in [-0.3, -0.25) is 4.79 Å². The number of carbonyl (C=O) groups excluding carboxylic acids is 1. The highest BCUT2D eigenvalue weighted by Crippen LogP contribution is 2.30. The van der Waals surface area contributed by atoms with E-state index in [9.17, 15) is 4.79 Å². The first-order chi connectivity index (χ1) is 7.93. The van der Waals surface area contributed by atoms with Crippen molar-refractivity contribution in [2.24, 2.45) is 0 Å². The van der Waals surface area contributed by atoms with Crippen molar-refractivity contribution in [3.63, 3.8) is 0 Å². The second-order valence-corrected chi connectivity index (χ2v) is 5.39. The van der Waals surface area contributed by atoms with Gasteiger partial charge in [0, 0.05) is 12.6 Å². The van der Waals surface area contributed by atoms with Crippen LogP contribution in [0.15, 0.2) is 24.3 Å². The van der Waals surface area contributed by atoms with Crippen LogP contribution in [-0.4, -0.2) is 24.0 Å². The van der Waals surface area contributed by atoms with Crippen molar-refractivity contribution in [1.29, 1.82) is 0 Å². The van der Waals surface area contributed by atoms with Gasteiger partial charge in [-0.25, -0.2) is 0 Å². The number of carbonyl (C=O) groups is 1. The van der Waals surface area contributed by atoms with Gasteiger partial charge in [0.2, 0.25) is 5.91 Å². The quantitative estimate of drug-likeness (QED) is 0.833. The maximum absolute atomic E-state index is 12.4. The third-order valence-corrected chi connectivity index (χ3v) is 3.47. The lowest BCUT2D eigenvalue weighted by Crippen LogP contribution is -2.65. The molecule has 1 fully saturated rings.